The molecule has 90 valence electrons. The minimum Gasteiger partial charge on any atom is -0.497 e. The zero-order chi connectivity index (χ0) is 12.4. The molecule has 0 fully saturated rings. The lowest BCUT2D eigenvalue weighted by Crippen LogP contribution is -2.23. The SMILES string of the molecule is CCCn1c(C)nc2ccc(OC)cc2c1=O. The number of fused-ring (bicyclic) bond motifs is 1. The molecule has 2 aromatic rings. The van der Waals surface area contributed by atoms with E-state index in [9.17, 15) is 4.79 Å². The lowest BCUT2D eigenvalue weighted by Gasteiger charge is -2.10. The Hall–Kier alpha value is -1.84. The summed E-state index contributed by atoms with van der Waals surface area (Å²) in [6.07, 6.45) is 0.915. The Morgan fingerprint density at radius 2 is 2.18 bits per heavy atom. The molecule has 0 amide bonds. The molecule has 17 heavy (non-hydrogen) atoms. The maximum Gasteiger partial charge on any atom is 0.261 e. The van der Waals surface area contributed by atoms with E-state index in [4.69, 9.17) is 4.74 Å². The Morgan fingerprint density at radius 1 is 1.41 bits per heavy atom. The average Bonchev–Trinajstić information content (AvgIpc) is 2.34. The monoisotopic (exact) mass is 232 g/mol. The van der Waals surface area contributed by atoms with Crippen molar-refractivity contribution in [1.29, 1.82) is 0 Å². The summed E-state index contributed by atoms with van der Waals surface area (Å²) in [4.78, 5) is 16.7. The maximum atomic E-state index is 12.3. The zero-order valence-corrected chi connectivity index (χ0v) is 10.4. The van der Waals surface area contributed by atoms with Gasteiger partial charge in [0.2, 0.25) is 0 Å². The fourth-order valence-corrected chi connectivity index (χ4v) is 1.92. The van der Waals surface area contributed by atoms with Gasteiger partial charge in [-0.2, -0.15) is 0 Å². The van der Waals surface area contributed by atoms with E-state index in [1.54, 1.807) is 17.7 Å². The minimum atomic E-state index is 0.00764. The highest BCUT2D eigenvalue weighted by atomic mass is 16.5. The van der Waals surface area contributed by atoms with E-state index in [0.717, 1.165) is 17.8 Å². The van der Waals surface area contributed by atoms with Crippen LogP contribution in [0.1, 0.15) is 19.2 Å². The highest BCUT2D eigenvalue weighted by Crippen LogP contribution is 2.16. The number of hydrogen-bond acceptors (Lipinski definition) is 3. The average molecular weight is 232 g/mol. The second-order valence-corrected chi connectivity index (χ2v) is 4.00. The Bertz CT molecular complexity index is 602. The molecule has 0 N–H and O–H groups in total. The number of nitrogens with zero attached hydrogens (tertiary/aromatic N) is 2. The van der Waals surface area contributed by atoms with Crippen molar-refractivity contribution >= 4 is 10.9 Å². The standard InChI is InChI=1S/C13H16N2O2/c1-4-7-15-9(2)14-12-6-5-10(17-3)8-11(12)13(15)16/h5-6,8H,4,7H2,1-3H3. The second-order valence-electron chi connectivity index (χ2n) is 4.00. The van der Waals surface area contributed by atoms with Gasteiger partial charge in [0.15, 0.2) is 0 Å². The lowest BCUT2D eigenvalue weighted by atomic mass is 10.2. The molecule has 4 heteroatoms. The van der Waals surface area contributed by atoms with Gasteiger partial charge in [0.25, 0.3) is 5.56 Å². The molecule has 0 aliphatic heterocycles. The first-order chi connectivity index (χ1) is 8.17. The number of methoxy groups -OCH3 is 1. The summed E-state index contributed by atoms with van der Waals surface area (Å²) >= 11 is 0. The highest BCUT2D eigenvalue weighted by molar-refractivity contribution is 5.79. The molecule has 4 nitrogen and oxygen atoms in total. The van der Waals surface area contributed by atoms with Crippen molar-refractivity contribution in [1.82, 2.24) is 9.55 Å². The fraction of sp³-hybridized carbons (Fsp3) is 0.385. The molecular formula is C13H16N2O2. The molecular weight excluding hydrogens is 216 g/mol. The normalized spacial score (nSPS) is 10.8. The third-order valence-electron chi connectivity index (χ3n) is 2.80. The van der Waals surface area contributed by atoms with Crippen molar-refractivity contribution in [2.45, 2.75) is 26.8 Å². The molecule has 0 radical (unpaired) electrons. The Labute approximate surface area is 99.9 Å². The fourth-order valence-electron chi connectivity index (χ4n) is 1.92. The van der Waals surface area contributed by atoms with Gasteiger partial charge in [0.05, 0.1) is 18.0 Å². The van der Waals surface area contributed by atoms with Crippen LogP contribution in [-0.4, -0.2) is 16.7 Å². The van der Waals surface area contributed by atoms with Crippen LogP contribution in [0.2, 0.25) is 0 Å². The van der Waals surface area contributed by atoms with Crippen molar-refractivity contribution in [2.24, 2.45) is 0 Å². The molecule has 0 aliphatic carbocycles. The summed E-state index contributed by atoms with van der Waals surface area (Å²) in [7, 11) is 1.59. The molecule has 0 atom stereocenters. The van der Waals surface area contributed by atoms with Gasteiger partial charge < -0.3 is 4.74 Å². The van der Waals surface area contributed by atoms with Crippen molar-refractivity contribution in [3.05, 3.63) is 34.4 Å². The van der Waals surface area contributed by atoms with Crippen LogP contribution in [0.4, 0.5) is 0 Å². The van der Waals surface area contributed by atoms with Crippen molar-refractivity contribution in [3.8, 4) is 5.75 Å². The van der Waals surface area contributed by atoms with E-state index >= 15 is 0 Å². The first-order valence-electron chi connectivity index (χ1n) is 5.72. The third-order valence-corrected chi connectivity index (χ3v) is 2.80. The number of hydrogen-bond donors (Lipinski definition) is 0. The van der Waals surface area contributed by atoms with E-state index in [-0.39, 0.29) is 5.56 Å². The molecule has 0 saturated heterocycles. The lowest BCUT2D eigenvalue weighted by molar-refractivity contribution is 0.415. The number of rotatable bonds is 3. The van der Waals surface area contributed by atoms with Crippen molar-refractivity contribution < 1.29 is 4.74 Å². The third kappa shape index (κ3) is 2.02. The van der Waals surface area contributed by atoms with E-state index in [2.05, 4.69) is 4.98 Å². The van der Waals surface area contributed by atoms with Crippen LogP contribution < -0.4 is 10.3 Å². The summed E-state index contributed by atoms with van der Waals surface area (Å²) in [6, 6.07) is 5.38. The molecule has 0 aliphatic rings. The smallest absolute Gasteiger partial charge is 0.261 e. The van der Waals surface area contributed by atoms with Crippen molar-refractivity contribution in [2.75, 3.05) is 7.11 Å². The summed E-state index contributed by atoms with van der Waals surface area (Å²) in [5.41, 5.74) is 0.730. The van der Waals surface area contributed by atoms with Crippen LogP contribution in [0.3, 0.4) is 0 Å². The maximum absolute atomic E-state index is 12.3. The van der Waals surface area contributed by atoms with Crippen LogP contribution in [0.25, 0.3) is 10.9 Å². The number of ether oxygens (including phenoxy) is 1. The van der Waals surface area contributed by atoms with Gasteiger partial charge in [-0.1, -0.05) is 6.92 Å². The molecule has 1 aromatic carbocycles. The Balaban J connectivity index is 2.74. The van der Waals surface area contributed by atoms with Crippen molar-refractivity contribution in [3.63, 3.8) is 0 Å². The molecule has 0 saturated carbocycles. The van der Waals surface area contributed by atoms with Crippen LogP contribution in [0, 0.1) is 6.92 Å². The summed E-state index contributed by atoms with van der Waals surface area (Å²) in [5.74, 6) is 1.44. The number of aryl methyl sites for hydroxylation is 1. The van der Waals surface area contributed by atoms with Gasteiger partial charge in [0, 0.05) is 6.54 Å². The van der Waals surface area contributed by atoms with Gasteiger partial charge in [-0.3, -0.25) is 9.36 Å². The van der Waals surface area contributed by atoms with Gasteiger partial charge in [-0.25, -0.2) is 4.98 Å². The zero-order valence-electron chi connectivity index (χ0n) is 10.4. The quantitative estimate of drug-likeness (QED) is 0.814. The predicted molar refractivity (Wildman–Crippen MR) is 67.6 cm³/mol. The molecule has 2 rings (SSSR count). The molecule has 1 heterocycles. The molecule has 0 bridgehead atoms. The van der Waals surface area contributed by atoms with Gasteiger partial charge in [0.1, 0.15) is 11.6 Å². The molecule has 0 spiro atoms. The van der Waals surface area contributed by atoms with Gasteiger partial charge in [-0.05, 0) is 31.5 Å². The summed E-state index contributed by atoms with van der Waals surface area (Å²) in [6.45, 7) is 4.60. The summed E-state index contributed by atoms with van der Waals surface area (Å²) < 4.78 is 6.84. The van der Waals surface area contributed by atoms with Gasteiger partial charge in [-0.15, -0.1) is 0 Å². The largest absolute Gasteiger partial charge is 0.497 e. The number of aromatic nitrogens is 2. The Kier molecular flexibility index (Phi) is 3.13. The van der Waals surface area contributed by atoms with E-state index in [1.807, 2.05) is 26.0 Å². The highest BCUT2D eigenvalue weighted by Gasteiger charge is 2.08. The van der Waals surface area contributed by atoms with Crippen LogP contribution >= 0.6 is 0 Å². The van der Waals surface area contributed by atoms with E-state index in [0.29, 0.717) is 17.7 Å². The van der Waals surface area contributed by atoms with Crippen LogP contribution in [0.5, 0.6) is 5.75 Å². The molecule has 1 aromatic heterocycles. The Morgan fingerprint density at radius 3 is 2.82 bits per heavy atom. The number of benzene rings is 1. The summed E-state index contributed by atoms with van der Waals surface area (Å²) in [5, 5.41) is 0.614. The predicted octanol–water partition coefficient (Wildman–Crippen LogP) is 2.12. The van der Waals surface area contributed by atoms with E-state index in [1.165, 1.54) is 0 Å². The van der Waals surface area contributed by atoms with Crippen LogP contribution in [-0.2, 0) is 6.54 Å². The van der Waals surface area contributed by atoms with Gasteiger partial charge >= 0.3 is 0 Å². The first-order valence-corrected chi connectivity index (χ1v) is 5.72. The van der Waals surface area contributed by atoms with Crippen LogP contribution in [0.15, 0.2) is 23.0 Å². The minimum absolute atomic E-state index is 0.00764. The second kappa shape index (κ2) is 4.57. The first kappa shape index (κ1) is 11.6. The van der Waals surface area contributed by atoms with E-state index < -0.39 is 0 Å². The molecule has 0 unspecified atom stereocenters. The topological polar surface area (TPSA) is 44.1 Å².